The molecule has 196 valence electrons. The van der Waals surface area contributed by atoms with Gasteiger partial charge in [0.1, 0.15) is 4.90 Å². The Kier molecular flexibility index (Phi) is 7.50. The van der Waals surface area contributed by atoms with Crippen molar-refractivity contribution in [2.75, 3.05) is 25.6 Å². The molecule has 0 fully saturated rings. The molecule has 1 heterocycles. The predicted molar refractivity (Wildman–Crippen MR) is 142 cm³/mol. The third-order valence-corrected chi connectivity index (χ3v) is 8.77. The normalized spacial score (nSPS) is 17.4. The smallest absolute Gasteiger partial charge is 0.338 e. The number of benzene rings is 3. The minimum absolute atomic E-state index is 0.0182. The first-order valence-corrected chi connectivity index (χ1v) is 13.5. The number of sulfonamides is 1. The number of halogens is 2. The highest BCUT2D eigenvalue weighted by atomic mass is 35.5. The molecule has 1 aliphatic rings. The van der Waals surface area contributed by atoms with Crippen LogP contribution in [0.25, 0.3) is 11.1 Å². The highest BCUT2D eigenvalue weighted by Crippen LogP contribution is 2.44. The van der Waals surface area contributed by atoms with Crippen LogP contribution in [0.4, 0.5) is 15.8 Å². The lowest BCUT2D eigenvalue weighted by molar-refractivity contribution is 0.0691. The zero-order valence-electron chi connectivity index (χ0n) is 20.9. The lowest BCUT2D eigenvalue weighted by Gasteiger charge is -2.30. The van der Waals surface area contributed by atoms with Crippen molar-refractivity contribution in [3.63, 3.8) is 0 Å². The Morgan fingerprint density at radius 1 is 1.19 bits per heavy atom. The molecule has 3 aromatic carbocycles. The van der Waals surface area contributed by atoms with Crippen LogP contribution in [-0.4, -0.2) is 50.5 Å². The topological polar surface area (TPSA) is 87.2 Å². The van der Waals surface area contributed by atoms with E-state index in [0.29, 0.717) is 18.7 Å². The van der Waals surface area contributed by atoms with Crippen LogP contribution in [0.15, 0.2) is 59.5 Å². The van der Waals surface area contributed by atoms with Gasteiger partial charge >= 0.3 is 5.97 Å². The molecule has 0 unspecified atom stereocenters. The van der Waals surface area contributed by atoms with E-state index in [1.54, 1.807) is 13.1 Å². The maximum absolute atomic E-state index is 14.6. The molecule has 0 aliphatic carbocycles. The van der Waals surface area contributed by atoms with Gasteiger partial charge in [-0.05, 0) is 54.3 Å². The number of carboxylic acid groups (broad SMARTS) is 1. The standard InChI is InChI=1S/C27H28ClFN2O5S/c1-16(2)10-19-15-31(18-8-6-5-7-9-18)23-14-22(28)20(13-25(23)37(34,35)30(19)3)17-11-21(27(32)33)26(29)24(12-17)36-4/h5-9,11-14,16,19H,10,15H2,1-4H3,(H,32,33)/t19-/m1/s1. The minimum atomic E-state index is -3.98. The van der Waals surface area contributed by atoms with Gasteiger partial charge in [0.05, 0.1) is 23.4 Å². The average Bonchev–Trinajstić information content (AvgIpc) is 2.92. The number of nitrogens with zero attached hydrogens (tertiary/aromatic N) is 2. The molecule has 0 bridgehead atoms. The number of aromatic carboxylic acids is 1. The molecule has 1 N–H and O–H groups in total. The van der Waals surface area contributed by atoms with E-state index in [1.807, 2.05) is 49.1 Å². The van der Waals surface area contributed by atoms with Gasteiger partial charge in [0.15, 0.2) is 11.6 Å². The zero-order valence-corrected chi connectivity index (χ0v) is 22.5. The second-order valence-electron chi connectivity index (χ2n) is 9.40. The van der Waals surface area contributed by atoms with Gasteiger partial charge in [-0.2, -0.15) is 4.31 Å². The second-order valence-corrected chi connectivity index (χ2v) is 11.8. The summed E-state index contributed by atoms with van der Waals surface area (Å²) in [7, 11) is -1.19. The summed E-state index contributed by atoms with van der Waals surface area (Å²) in [5, 5.41) is 9.68. The molecular formula is C27H28ClFN2O5S. The van der Waals surface area contributed by atoms with Crippen LogP contribution in [-0.2, 0) is 10.0 Å². The van der Waals surface area contributed by atoms with E-state index in [-0.39, 0.29) is 38.8 Å². The second kappa shape index (κ2) is 10.3. The monoisotopic (exact) mass is 546 g/mol. The van der Waals surface area contributed by atoms with Crippen LogP contribution in [0, 0.1) is 11.7 Å². The fraction of sp³-hybridized carbons (Fsp3) is 0.296. The van der Waals surface area contributed by atoms with Crippen LogP contribution in [0.3, 0.4) is 0 Å². The molecule has 1 atom stereocenters. The molecule has 0 saturated heterocycles. The number of hydrogen-bond donors (Lipinski definition) is 1. The first-order valence-electron chi connectivity index (χ1n) is 11.7. The van der Waals surface area contributed by atoms with Gasteiger partial charge in [0, 0.05) is 30.9 Å². The van der Waals surface area contributed by atoms with Crippen molar-refractivity contribution in [1.29, 1.82) is 0 Å². The molecule has 7 nitrogen and oxygen atoms in total. The van der Waals surface area contributed by atoms with Crippen molar-refractivity contribution in [2.24, 2.45) is 5.92 Å². The summed E-state index contributed by atoms with van der Waals surface area (Å²) in [6.45, 7) is 4.50. The van der Waals surface area contributed by atoms with Crippen molar-refractivity contribution in [3.8, 4) is 16.9 Å². The number of carboxylic acids is 1. The van der Waals surface area contributed by atoms with Crippen molar-refractivity contribution in [1.82, 2.24) is 4.31 Å². The Bertz CT molecular complexity index is 1450. The summed E-state index contributed by atoms with van der Waals surface area (Å²) in [5.41, 5.74) is 1.07. The number of carbonyl (C=O) groups is 1. The van der Waals surface area contributed by atoms with E-state index in [9.17, 15) is 22.7 Å². The highest BCUT2D eigenvalue weighted by Gasteiger charge is 2.38. The molecular weight excluding hydrogens is 519 g/mol. The van der Waals surface area contributed by atoms with E-state index in [4.69, 9.17) is 16.3 Å². The number of ether oxygens (including phenoxy) is 1. The Hall–Kier alpha value is -3.14. The lowest BCUT2D eigenvalue weighted by Crippen LogP contribution is -2.41. The van der Waals surface area contributed by atoms with Gasteiger partial charge in [-0.25, -0.2) is 17.6 Å². The molecule has 0 amide bonds. The summed E-state index contributed by atoms with van der Waals surface area (Å²) in [4.78, 5) is 13.6. The van der Waals surface area contributed by atoms with Crippen molar-refractivity contribution >= 4 is 39.0 Å². The molecule has 10 heteroatoms. The van der Waals surface area contributed by atoms with Gasteiger partial charge in [-0.1, -0.05) is 43.6 Å². The summed E-state index contributed by atoms with van der Waals surface area (Å²) >= 11 is 6.70. The maximum atomic E-state index is 14.6. The van der Waals surface area contributed by atoms with Gasteiger partial charge < -0.3 is 14.7 Å². The third-order valence-electron chi connectivity index (χ3n) is 6.52. The van der Waals surface area contributed by atoms with Crippen LogP contribution in [0.5, 0.6) is 5.75 Å². The number of anilines is 2. The third kappa shape index (κ3) is 5.03. The van der Waals surface area contributed by atoms with E-state index in [1.165, 1.54) is 23.5 Å². The van der Waals surface area contributed by atoms with Crippen molar-refractivity contribution in [2.45, 2.75) is 31.2 Å². The predicted octanol–water partition coefficient (Wildman–Crippen LogP) is 6.04. The minimum Gasteiger partial charge on any atom is -0.494 e. The molecule has 0 aromatic heterocycles. The zero-order chi connectivity index (χ0) is 27.1. The van der Waals surface area contributed by atoms with Crippen LogP contribution >= 0.6 is 11.6 Å². The van der Waals surface area contributed by atoms with Crippen LogP contribution in [0.1, 0.15) is 30.6 Å². The fourth-order valence-electron chi connectivity index (χ4n) is 4.63. The molecule has 37 heavy (non-hydrogen) atoms. The molecule has 0 spiro atoms. The van der Waals surface area contributed by atoms with E-state index >= 15 is 0 Å². The maximum Gasteiger partial charge on any atom is 0.338 e. The van der Waals surface area contributed by atoms with E-state index in [2.05, 4.69) is 0 Å². The number of para-hydroxylation sites is 1. The highest BCUT2D eigenvalue weighted by molar-refractivity contribution is 7.89. The lowest BCUT2D eigenvalue weighted by atomic mass is 10.0. The molecule has 4 rings (SSSR count). The summed E-state index contributed by atoms with van der Waals surface area (Å²) in [5.74, 6) is -2.54. The Balaban J connectivity index is 1.99. The molecule has 3 aromatic rings. The molecule has 0 saturated carbocycles. The number of fused-ring (bicyclic) bond motifs is 1. The summed E-state index contributed by atoms with van der Waals surface area (Å²) in [6, 6.07) is 14.6. The Morgan fingerprint density at radius 3 is 2.46 bits per heavy atom. The van der Waals surface area contributed by atoms with Gasteiger partial charge in [-0.3, -0.25) is 0 Å². The van der Waals surface area contributed by atoms with E-state index < -0.39 is 27.4 Å². The molecule has 0 radical (unpaired) electrons. The average molecular weight is 547 g/mol. The Morgan fingerprint density at radius 2 is 1.86 bits per heavy atom. The van der Waals surface area contributed by atoms with Crippen molar-refractivity contribution in [3.05, 3.63) is 71.0 Å². The van der Waals surface area contributed by atoms with Crippen molar-refractivity contribution < 1.29 is 27.4 Å². The summed E-state index contributed by atoms with van der Waals surface area (Å²) < 4.78 is 48.8. The quantitative estimate of drug-likeness (QED) is 0.405. The van der Waals surface area contributed by atoms with Gasteiger partial charge in [-0.15, -0.1) is 0 Å². The number of rotatable bonds is 6. The Labute approximate surface area is 221 Å². The fourth-order valence-corrected chi connectivity index (χ4v) is 6.46. The SMILES string of the molecule is COc1cc(-c2cc3c(cc2Cl)N(c2ccccc2)C[C@@H](CC(C)C)N(C)S3(=O)=O)cc(C(=O)O)c1F. The van der Waals surface area contributed by atoms with Gasteiger partial charge in [0.2, 0.25) is 10.0 Å². The summed E-state index contributed by atoms with van der Waals surface area (Å²) in [6.07, 6.45) is 0.644. The largest absolute Gasteiger partial charge is 0.494 e. The first kappa shape index (κ1) is 26.9. The number of hydrogen-bond acceptors (Lipinski definition) is 5. The van der Waals surface area contributed by atoms with Crippen LogP contribution < -0.4 is 9.64 Å². The van der Waals surface area contributed by atoms with Gasteiger partial charge in [0.25, 0.3) is 0 Å². The number of methoxy groups -OCH3 is 1. The molecule has 1 aliphatic heterocycles. The van der Waals surface area contributed by atoms with Crippen LogP contribution in [0.2, 0.25) is 5.02 Å². The number of likely N-dealkylation sites (N-methyl/N-ethyl adjacent to an activating group) is 1. The van der Waals surface area contributed by atoms with E-state index in [0.717, 1.165) is 11.8 Å². The first-order chi connectivity index (χ1) is 17.4.